The number of carboxylic acid groups (broad SMARTS) is 1. The fourth-order valence-corrected chi connectivity index (χ4v) is 3.73. The normalized spacial score (nSPS) is 18.2. The van der Waals surface area contributed by atoms with Gasteiger partial charge in [0.25, 0.3) is 0 Å². The van der Waals surface area contributed by atoms with E-state index in [0.29, 0.717) is 16.5 Å². The number of rotatable bonds is 3. The summed E-state index contributed by atoms with van der Waals surface area (Å²) in [6.07, 6.45) is 2.73. The third-order valence-electron chi connectivity index (χ3n) is 3.49. The second-order valence-corrected chi connectivity index (χ2v) is 6.61. The van der Waals surface area contributed by atoms with Crippen LogP contribution in [-0.4, -0.2) is 17.0 Å². The standard InChI is InChI=1S/C14H19NO3S/c1-7(2)12(16)15-13-11(14(17)18)9-5-4-8(3)6-10(9)19-13/h7-8H,4-6H2,1-3H3,(H,15,16)(H,17,18). The quantitative estimate of drug-likeness (QED) is 0.894. The number of fused-ring (bicyclic) bond motifs is 1. The summed E-state index contributed by atoms with van der Waals surface area (Å²) in [6, 6.07) is 0. The maximum atomic E-state index is 11.8. The average molecular weight is 281 g/mol. The molecule has 1 amide bonds. The van der Waals surface area contributed by atoms with Gasteiger partial charge >= 0.3 is 5.97 Å². The minimum atomic E-state index is -0.939. The Balaban J connectivity index is 2.38. The topological polar surface area (TPSA) is 66.4 Å². The van der Waals surface area contributed by atoms with Crippen molar-refractivity contribution in [2.24, 2.45) is 11.8 Å². The molecule has 0 spiro atoms. The van der Waals surface area contributed by atoms with Crippen molar-refractivity contribution in [3.05, 3.63) is 16.0 Å². The Bertz CT molecular complexity index is 519. The minimum absolute atomic E-state index is 0.130. The van der Waals surface area contributed by atoms with Crippen LogP contribution in [0.5, 0.6) is 0 Å². The van der Waals surface area contributed by atoms with E-state index in [4.69, 9.17) is 0 Å². The molecular weight excluding hydrogens is 262 g/mol. The Hall–Kier alpha value is -1.36. The molecule has 0 saturated carbocycles. The molecule has 4 nitrogen and oxygen atoms in total. The lowest BCUT2D eigenvalue weighted by molar-refractivity contribution is -0.118. The van der Waals surface area contributed by atoms with Crippen LogP contribution in [-0.2, 0) is 17.6 Å². The Morgan fingerprint density at radius 1 is 1.42 bits per heavy atom. The summed E-state index contributed by atoms with van der Waals surface area (Å²) in [5, 5.41) is 12.7. The van der Waals surface area contributed by atoms with Gasteiger partial charge in [-0.05, 0) is 30.7 Å². The van der Waals surface area contributed by atoms with Gasteiger partial charge in [-0.15, -0.1) is 11.3 Å². The molecule has 1 aromatic heterocycles. The molecule has 0 saturated heterocycles. The lowest BCUT2D eigenvalue weighted by atomic mass is 9.88. The first-order valence-electron chi connectivity index (χ1n) is 6.58. The fourth-order valence-electron chi connectivity index (χ4n) is 2.32. The lowest BCUT2D eigenvalue weighted by Crippen LogP contribution is -2.19. The molecule has 1 aromatic rings. The molecule has 0 fully saturated rings. The summed E-state index contributed by atoms with van der Waals surface area (Å²) in [6.45, 7) is 5.77. The van der Waals surface area contributed by atoms with E-state index in [0.717, 1.165) is 29.7 Å². The first kappa shape index (κ1) is 14.1. The summed E-state index contributed by atoms with van der Waals surface area (Å²) in [5.74, 6) is -0.638. The van der Waals surface area contributed by atoms with Crippen LogP contribution in [0, 0.1) is 11.8 Å². The maximum Gasteiger partial charge on any atom is 0.339 e. The molecule has 2 N–H and O–H groups in total. The van der Waals surface area contributed by atoms with Crippen LogP contribution >= 0.6 is 11.3 Å². The Labute approximate surface area is 116 Å². The second-order valence-electron chi connectivity index (χ2n) is 5.50. The third kappa shape index (κ3) is 2.81. The maximum absolute atomic E-state index is 11.8. The van der Waals surface area contributed by atoms with Crippen LogP contribution in [0.2, 0.25) is 0 Å². The van der Waals surface area contributed by atoms with Gasteiger partial charge < -0.3 is 10.4 Å². The molecule has 5 heteroatoms. The largest absolute Gasteiger partial charge is 0.478 e. The van der Waals surface area contributed by atoms with E-state index in [1.807, 2.05) is 0 Å². The molecule has 104 valence electrons. The number of amides is 1. The smallest absolute Gasteiger partial charge is 0.339 e. The summed E-state index contributed by atoms with van der Waals surface area (Å²) in [5.41, 5.74) is 1.23. The highest BCUT2D eigenvalue weighted by molar-refractivity contribution is 7.17. The Kier molecular flexibility index (Phi) is 3.94. The van der Waals surface area contributed by atoms with E-state index >= 15 is 0 Å². The summed E-state index contributed by atoms with van der Waals surface area (Å²) in [7, 11) is 0. The van der Waals surface area contributed by atoms with E-state index < -0.39 is 5.97 Å². The number of hydrogen-bond acceptors (Lipinski definition) is 3. The highest BCUT2D eigenvalue weighted by atomic mass is 32.1. The Morgan fingerprint density at radius 3 is 2.68 bits per heavy atom. The Morgan fingerprint density at radius 2 is 2.11 bits per heavy atom. The van der Waals surface area contributed by atoms with Gasteiger partial charge in [-0.2, -0.15) is 0 Å². The molecule has 0 aromatic carbocycles. The minimum Gasteiger partial charge on any atom is -0.478 e. The highest BCUT2D eigenvalue weighted by Crippen LogP contribution is 2.39. The fraction of sp³-hybridized carbons (Fsp3) is 0.571. The van der Waals surface area contributed by atoms with Gasteiger partial charge in [-0.3, -0.25) is 4.79 Å². The predicted octanol–water partition coefficient (Wildman–Crippen LogP) is 3.17. The zero-order chi connectivity index (χ0) is 14.2. The molecule has 1 heterocycles. The first-order valence-corrected chi connectivity index (χ1v) is 7.40. The van der Waals surface area contributed by atoms with E-state index in [1.165, 1.54) is 11.3 Å². The second kappa shape index (κ2) is 5.33. The van der Waals surface area contributed by atoms with Gasteiger partial charge in [0, 0.05) is 10.8 Å². The third-order valence-corrected chi connectivity index (χ3v) is 4.66. The van der Waals surface area contributed by atoms with Gasteiger partial charge in [0.05, 0.1) is 5.56 Å². The number of carbonyl (C=O) groups is 2. The number of thiophene rings is 1. The van der Waals surface area contributed by atoms with Gasteiger partial charge in [-0.1, -0.05) is 20.8 Å². The summed E-state index contributed by atoms with van der Waals surface area (Å²) >= 11 is 1.43. The molecule has 0 bridgehead atoms. The van der Waals surface area contributed by atoms with Crippen molar-refractivity contribution in [3.8, 4) is 0 Å². The van der Waals surface area contributed by atoms with Crippen LogP contribution in [0.25, 0.3) is 0 Å². The van der Waals surface area contributed by atoms with Crippen LogP contribution in [0.15, 0.2) is 0 Å². The predicted molar refractivity (Wildman–Crippen MR) is 75.9 cm³/mol. The monoisotopic (exact) mass is 281 g/mol. The van der Waals surface area contributed by atoms with Crippen molar-refractivity contribution in [2.75, 3.05) is 5.32 Å². The first-order chi connectivity index (χ1) is 8.90. The zero-order valence-corrected chi connectivity index (χ0v) is 12.3. The van der Waals surface area contributed by atoms with Crippen LogP contribution in [0.3, 0.4) is 0 Å². The summed E-state index contributed by atoms with van der Waals surface area (Å²) < 4.78 is 0. The molecule has 2 rings (SSSR count). The lowest BCUT2D eigenvalue weighted by Gasteiger charge is -2.17. The summed E-state index contributed by atoms with van der Waals surface area (Å²) in [4.78, 5) is 24.3. The van der Waals surface area contributed by atoms with Crippen molar-refractivity contribution in [1.29, 1.82) is 0 Å². The SMILES string of the molecule is CC1CCc2c(sc(NC(=O)C(C)C)c2C(=O)O)C1. The zero-order valence-electron chi connectivity index (χ0n) is 11.4. The molecular formula is C14H19NO3S. The molecule has 1 aliphatic rings. The molecule has 0 aliphatic heterocycles. The van der Waals surface area contributed by atoms with E-state index in [1.54, 1.807) is 13.8 Å². The van der Waals surface area contributed by atoms with E-state index in [9.17, 15) is 14.7 Å². The van der Waals surface area contributed by atoms with Gasteiger partial charge in [0.1, 0.15) is 5.00 Å². The molecule has 1 unspecified atom stereocenters. The van der Waals surface area contributed by atoms with Crippen molar-refractivity contribution < 1.29 is 14.7 Å². The number of carbonyl (C=O) groups excluding carboxylic acids is 1. The number of aromatic carboxylic acids is 1. The number of anilines is 1. The van der Waals surface area contributed by atoms with Crippen LogP contribution in [0.4, 0.5) is 5.00 Å². The highest BCUT2D eigenvalue weighted by Gasteiger charge is 2.28. The van der Waals surface area contributed by atoms with Gasteiger partial charge in [0.2, 0.25) is 5.91 Å². The van der Waals surface area contributed by atoms with Crippen molar-refractivity contribution in [1.82, 2.24) is 0 Å². The average Bonchev–Trinajstić information content (AvgIpc) is 2.65. The van der Waals surface area contributed by atoms with Crippen LogP contribution in [0.1, 0.15) is 48.0 Å². The van der Waals surface area contributed by atoms with E-state index in [2.05, 4.69) is 12.2 Å². The number of nitrogens with one attached hydrogen (secondary N) is 1. The van der Waals surface area contributed by atoms with Gasteiger partial charge in [0.15, 0.2) is 0 Å². The number of carboxylic acids is 1. The molecule has 0 radical (unpaired) electrons. The van der Waals surface area contributed by atoms with Crippen molar-refractivity contribution >= 4 is 28.2 Å². The van der Waals surface area contributed by atoms with E-state index in [-0.39, 0.29) is 11.8 Å². The molecule has 19 heavy (non-hydrogen) atoms. The van der Waals surface area contributed by atoms with Crippen molar-refractivity contribution in [2.45, 2.75) is 40.0 Å². The van der Waals surface area contributed by atoms with Gasteiger partial charge in [-0.25, -0.2) is 4.79 Å². The van der Waals surface area contributed by atoms with Crippen molar-refractivity contribution in [3.63, 3.8) is 0 Å². The molecule has 1 aliphatic carbocycles. The molecule has 1 atom stereocenters. The van der Waals surface area contributed by atoms with Crippen LogP contribution < -0.4 is 5.32 Å². The number of hydrogen-bond donors (Lipinski definition) is 2.